The van der Waals surface area contributed by atoms with Crippen LogP contribution in [0.3, 0.4) is 0 Å². The first-order valence-corrected chi connectivity index (χ1v) is 9.41. The number of halogens is 3. The van der Waals surface area contributed by atoms with Gasteiger partial charge in [0.2, 0.25) is 0 Å². The molecule has 4 rings (SSSR count). The second-order valence-electron chi connectivity index (χ2n) is 6.92. The van der Waals surface area contributed by atoms with Gasteiger partial charge in [-0.05, 0) is 25.8 Å². The normalized spacial score (nSPS) is 14.2. The Balaban J connectivity index is 1.63. The molecule has 3 aromatic heterocycles. The summed E-state index contributed by atoms with van der Waals surface area (Å²) in [5, 5.41) is 8.87. The lowest BCUT2D eigenvalue weighted by Crippen LogP contribution is -2.27. The predicted octanol–water partition coefficient (Wildman–Crippen LogP) is 3.69. The van der Waals surface area contributed by atoms with Crippen LogP contribution < -0.4 is 0 Å². The maximum Gasteiger partial charge on any atom is 0.280 e. The summed E-state index contributed by atoms with van der Waals surface area (Å²) in [6.45, 7) is 2.78. The van der Waals surface area contributed by atoms with Crippen LogP contribution in [0, 0.1) is 0 Å². The van der Waals surface area contributed by atoms with Gasteiger partial charge in [-0.15, -0.1) is 0 Å². The minimum Gasteiger partial charge on any atom is -0.334 e. The Bertz CT molecular complexity index is 1040. The molecule has 0 saturated heterocycles. The van der Waals surface area contributed by atoms with Crippen LogP contribution in [0.4, 0.5) is 8.78 Å². The molecule has 1 saturated carbocycles. The molecule has 10 heteroatoms. The Morgan fingerprint density at radius 3 is 2.71 bits per heavy atom. The first kappa shape index (κ1) is 18.8. The van der Waals surface area contributed by atoms with Crippen molar-refractivity contribution in [1.29, 1.82) is 0 Å². The smallest absolute Gasteiger partial charge is 0.280 e. The Morgan fingerprint density at radius 2 is 2.11 bits per heavy atom. The number of hydrogen-bond acceptors (Lipinski definition) is 4. The lowest BCUT2D eigenvalue weighted by molar-refractivity contribution is 0.0776. The summed E-state index contributed by atoms with van der Waals surface area (Å²) >= 11 is 6.16. The molecule has 0 aromatic carbocycles. The number of alkyl halides is 2. The van der Waals surface area contributed by atoms with Gasteiger partial charge in [-0.3, -0.25) is 9.48 Å². The van der Waals surface area contributed by atoms with Gasteiger partial charge >= 0.3 is 0 Å². The van der Waals surface area contributed by atoms with E-state index >= 15 is 0 Å². The Labute approximate surface area is 164 Å². The molecule has 0 radical (unpaired) electrons. The molecule has 28 heavy (non-hydrogen) atoms. The molecule has 3 heterocycles. The van der Waals surface area contributed by atoms with Gasteiger partial charge in [-0.2, -0.15) is 10.2 Å². The van der Waals surface area contributed by atoms with E-state index in [2.05, 4.69) is 15.2 Å². The monoisotopic (exact) mass is 408 g/mol. The molecule has 1 aliphatic carbocycles. The van der Waals surface area contributed by atoms with Gasteiger partial charge in [0, 0.05) is 37.5 Å². The van der Waals surface area contributed by atoms with E-state index in [1.807, 2.05) is 6.92 Å². The fourth-order valence-electron chi connectivity index (χ4n) is 3.06. The summed E-state index contributed by atoms with van der Waals surface area (Å²) in [6.07, 6.45) is 0.873. The van der Waals surface area contributed by atoms with Crippen LogP contribution in [0.15, 0.2) is 18.3 Å². The Hall–Kier alpha value is -2.55. The van der Waals surface area contributed by atoms with Crippen LogP contribution in [0.25, 0.3) is 5.65 Å². The molecule has 1 amide bonds. The lowest BCUT2D eigenvalue weighted by Gasteiger charge is -2.14. The van der Waals surface area contributed by atoms with Crippen LogP contribution in [0.2, 0.25) is 5.02 Å². The zero-order chi connectivity index (χ0) is 20.0. The molecule has 3 aromatic rings. The summed E-state index contributed by atoms with van der Waals surface area (Å²) < 4.78 is 29.7. The average molecular weight is 409 g/mol. The van der Waals surface area contributed by atoms with E-state index in [-0.39, 0.29) is 29.5 Å². The van der Waals surface area contributed by atoms with Crippen molar-refractivity contribution in [3.8, 4) is 0 Å². The predicted molar refractivity (Wildman–Crippen MR) is 98.6 cm³/mol. The van der Waals surface area contributed by atoms with Gasteiger partial charge in [0.15, 0.2) is 11.3 Å². The molecule has 1 fully saturated rings. The molecule has 7 nitrogen and oxygen atoms in total. The SMILES string of the molecule is CCn1cc(Cl)c(CN(C)C(=O)c2cc3nc(C4CC4)cc(C(F)F)n3n2)n1. The van der Waals surface area contributed by atoms with E-state index in [4.69, 9.17) is 11.6 Å². The van der Waals surface area contributed by atoms with Crippen LogP contribution >= 0.6 is 11.6 Å². The third-order valence-corrected chi connectivity index (χ3v) is 5.07. The summed E-state index contributed by atoms with van der Waals surface area (Å²) in [5.74, 6) is -0.198. The Kier molecular flexibility index (Phi) is 4.78. The van der Waals surface area contributed by atoms with Crippen molar-refractivity contribution in [3.05, 3.63) is 46.1 Å². The zero-order valence-corrected chi connectivity index (χ0v) is 16.2. The van der Waals surface area contributed by atoms with E-state index < -0.39 is 12.3 Å². The van der Waals surface area contributed by atoms with Crippen LogP contribution in [0.1, 0.15) is 59.7 Å². The van der Waals surface area contributed by atoms with Gasteiger partial charge in [0.1, 0.15) is 11.4 Å². The highest BCUT2D eigenvalue weighted by Gasteiger charge is 2.29. The number of fused-ring (bicyclic) bond motifs is 1. The number of carbonyl (C=O) groups is 1. The second-order valence-corrected chi connectivity index (χ2v) is 7.33. The maximum atomic E-state index is 13.5. The number of amides is 1. The second kappa shape index (κ2) is 7.12. The number of carbonyl (C=O) groups excluding carboxylic acids is 1. The zero-order valence-electron chi connectivity index (χ0n) is 15.4. The van der Waals surface area contributed by atoms with Gasteiger partial charge in [-0.1, -0.05) is 11.6 Å². The van der Waals surface area contributed by atoms with Gasteiger partial charge < -0.3 is 4.90 Å². The molecule has 0 unspecified atom stereocenters. The third-order valence-electron chi connectivity index (χ3n) is 4.76. The average Bonchev–Trinajstić information content (AvgIpc) is 3.33. The fraction of sp³-hybridized carbons (Fsp3) is 0.444. The first-order valence-electron chi connectivity index (χ1n) is 9.03. The molecule has 0 atom stereocenters. The molecule has 0 bridgehead atoms. The fourth-order valence-corrected chi connectivity index (χ4v) is 3.27. The molecular formula is C18H19ClF2N6O. The molecule has 0 spiro atoms. The number of nitrogens with zero attached hydrogens (tertiary/aromatic N) is 6. The highest BCUT2D eigenvalue weighted by Crippen LogP contribution is 2.40. The Morgan fingerprint density at radius 1 is 1.36 bits per heavy atom. The van der Waals surface area contributed by atoms with Crippen molar-refractivity contribution in [2.75, 3.05) is 7.05 Å². The summed E-state index contributed by atoms with van der Waals surface area (Å²) in [7, 11) is 1.59. The van der Waals surface area contributed by atoms with Crippen molar-refractivity contribution in [2.24, 2.45) is 0 Å². The number of hydrogen-bond donors (Lipinski definition) is 0. The first-order chi connectivity index (χ1) is 13.4. The van der Waals surface area contributed by atoms with Crippen molar-refractivity contribution in [3.63, 3.8) is 0 Å². The van der Waals surface area contributed by atoms with Crippen LogP contribution in [0.5, 0.6) is 0 Å². The molecular weight excluding hydrogens is 390 g/mol. The standard InChI is InChI=1S/C18H19ClF2N6O/c1-3-26-8-11(19)14(23-26)9-25(2)18(28)13-7-16-22-12(10-4-5-10)6-15(17(20)21)27(16)24-13/h6-8,10,17H,3-5,9H2,1-2H3. The van der Waals surface area contributed by atoms with Crippen molar-refractivity contribution < 1.29 is 13.6 Å². The molecule has 148 valence electrons. The van der Waals surface area contributed by atoms with E-state index in [0.717, 1.165) is 17.4 Å². The largest absolute Gasteiger partial charge is 0.334 e. The molecule has 0 N–H and O–H groups in total. The summed E-state index contributed by atoms with van der Waals surface area (Å²) in [6, 6.07) is 2.83. The number of aryl methyl sites for hydroxylation is 1. The van der Waals surface area contributed by atoms with E-state index in [1.54, 1.807) is 17.9 Å². The van der Waals surface area contributed by atoms with E-state index in [1.165, 1.54) is 17.0 Å². The van der Waals surface area contributed by atoms with Crippen molar-refractivity contribution >= 4 is 23.2 Å². The minimum absolute atomic E-state index is 0.0518. The van der Waals surface area contributed by atoms with Crippen LogP contribution in [-0.2, 0) is 13.1 Å². The van der Waals surface area contributed by atoms with Crippen LogP contribution in [-0.4, -0.2) is 42.2 Å². The van der Waals surface area contributed by atoms with E-state index in [9.17, 15) is 13.6 Å². The van der Waals surface area contributed by atoms with E-state index in [0.29, 0.717) is 23.0 Å². The minimum atomic E-state index is -2.71. The van der Waals surface area contributed by atoms with Gasteiger partial charge in [0.25, 0.3) is 12.3 Å². The highest BCUT2D eigenvalue weighted by molar-refractivity contribution is 6.31. The van der Waals surface area contributed by atoms with Gasteiger partial charge in [-0.25, -0.2) is 18.3 Å². The van der Waals surface area contributed by atoms with Crippen molar-refractivity contribution in [1.82, 2.24) is 29.3 Å². The van der Waals surface area contributed by atoms with Crippen molar-refractivity contribution in [2.45, 2.75) is 45.2 Å². The highest BCUT2D eigenvalue weighted by atomic mass is 35.5. The topological polar surface area (TPSA) is 68.3 Å². The number of aromatic nitrogens is 5. The summed E-state index contributed by atoms with van der Waals surface area (Å²) in [5.41, 5.74) is 1.25. The maximum absolute atomic E-state index is 13.5. The molecule has 1 aliphatic rings. The molecule has 0 aliphatic heterocycles. The summed E-state index contributed by atoms with van der Waals surface area (Å²) in [4.78, 5) is 18.6. The number of rotatable bonds is 6. The van der Waals surface area contributed by atoms with Gasteiger partial charge in [0.05, 0.1) is 11.6 Å². The third kappa shape index (κ3) is 3.46. The quantitative estimate of drug-likeness (QED) is 0.623. The lowest BCUT2D eigenvalue weighted by atomic mass is 10.2.